The second kappa shape index (κ2) is 5.98. The maximum absolute atomic E-state index is 12.9. The topological polar surface area (TPSA) is 83.7 Å². The first-order chi connectivity index (χ1) is 9.82. The predicted octanol–water partition coefficient (Wildman–Crippen LogP) is 0.704. The summed E-state index contributed by atoms with van der Waals surface area (Å²) in [5.74, 6) is -1.08. The Bertz CT molecular complexity index is 610. The summed E-state index contributed by atoms with van der Waals surface area (Å²) in [5.41, 5.74) is 5.62. The van der Waals surface area contributed by atoms with E-state index in [0.717, 1.165) is 4.31 Å². The lowest BCUT2D eigenvalue weighted by atomic mass is 9.98. The fraction of sp³-hybridized carbons (Fsp3) is 0.462. The van der Waals surface area contributed by atoms with Crippen LogP contribution in [0.3, 0.4) is 0 Å². The zero-order valence-corrected chi connectivity index (χ0v) is 12.5. The van der Waals surface area contributed by atoms with E-state index in [4.69, 9.17) is 5.73 Å². The number of hydrogen-bond donors (Lipinski definition) is 1. The predicted molar refractivity (Wildman–Crippen MR) is 77.2 cm³/mol. The Balaban J connectivity index is 2.11. The molecule has 1 amide bonds. The average molecular weight is 315 g/mol. The Morgan fingerprint density at radius 1 is 1.29 bits per heavy atom. The van der Waals surface area contributed by atoms with Crippen LogP contribution in [0.1, 0.15) is 12.8 Å². The molecule has 116 valence electrons. The number of nitrogens with two attached hydrogens (primary N) is 1. The maximum atomic E-state index is 12.9. The van der Waals surface area contributed by atoms with Crippen LogP contribution in [0, 0.1) is 11.7 Å². The van der Waals surface area contributed by atoms with E-state index in [1.807, 2.05) is 0 Å². The van der Waals surface area contributed by atoms with E-state index in [0.29, 0.717) is 18.5 Å². The molecule has 0 spiro atoms. The van der Waals surface area contributed by atoms with E-state index in [9.17, 15) is 17.6 Å². The minimum atomic E-state index is -3.68. The molecular weight excluding hydrogens is 297 g/mol. The molecule has 0 radical (unpaired) electrons. The van der Waals surface area contributed by atoms with Gasteiger partial charge in [0, 0.05) is 26.1 Å². The van der Waals surface area contributed by atoms with Gasteiger partial charge in [0.15, 0.2) is 0 Å². The van der Waals surface area contributed by atoms with Crippen molar-refractivity contribution >= 4 is 21.8 Å². The van der Waals surface area contributed by atoms with Gasteiger partial charge in [-0.3, -0.25) is 9.10 Å². The van der Waals surface area contributed by atoms with Crippen molar-refractivity contribution in [1.29, 1.82) is 0 Å². The average Bonchev–Trinajstić information content (AvgIpc) is 2.47. The van der Waals surface area contributed by atoms with Crippen molar-refractivity contribution in [3.63, 3.8) is 0 Å². The number of nitrogens with zero attached hydrogens (tertiary/aromatic N) is 2. The molecule has 1 aromatic carbocycles. The van der Waals surface area contributed by atoms with Gasteiger partial charge in [-0.05, 0) is 37.1 Å². The molecule has 2 rings (SSSR count). The molecule has 0 saturated carbocycles. The quantitative estimate of drug-likeness (QED) is 0.888. The van der Waals surface area contributed by atoms with Crippen LogP contribution in [0.15, 0.2) is 24.3 Å². The molecule has 2 N–H and O–H groups in total. The van der Waals surface area contributed by atoms with Gasteiger partial charge < -0.3 is 5.73 Å². The molecule has 1 aromatic rings. The standard InChI is InChI=1S/C13H18FN3O3S/c1-16(12-4-2-11(14)3-5-12)21(19,20)17-8-6-10(7-9-17)13(15)18/h2-5,10H,6-9H2,1H3,(H2,15,18). The van der Waals surface area contributed by atoms with Crippen molar-refractivity contribution in [2.75, 3.05) is 24.4 Å². The van der Waals surface area contributed by atoms with Crippen molar-refractivity contribution in [1.82, 2.24) is 4.31 Å². The third-order valence-electron chi connectivity index (χ3n) is 3.72. The number of halogens is 1. The maximum Gasteiger partial charge on any atom is 0.303 e. The number of anilines is 1. The molecule has 0 aliphatic carbocycles. The largest absolute Gasteiger partial charge is 0.369 e. The number of benzene rings is 1. The van der Waals surface area contributed by atoms with Gasteiger partial charge in [0.25, 0.3) is 0 Å². The number of carbonyl (C=O) groups is 1. The Kier molecular flexibility index (Phi) is 4.48. The summed E-state index contributed by atoms with van der Waals surface area (Å²) in [7, 11) is -2.27. The molecular formula is C13H18FN3O3S. The summed E-state index contributed by atoms with van der Waals surface area (Å²) < 4.78 is 40.3. The number of carbonyl (C=O) groups excluding carboxylic acids is 1. The third kappa shape index (κ3) is 3.33. The summed E-state index contributed by atoms with van der Waals surface area (Å²) in [5, 5.41) is 0. The van der Waals surface area contributed by atoms with Crippen LogP contribution in [0.2, 0.25) is 0 Å². The van der Waals surface area contributed by atoms with Crippen LogP contribution in [-0.2, 0) is 15.0 Å². The molecule has 0 bridgehead atoms. The monoisotopic (exact) mass is 315 g/mol. The molecule has 1 aliphatic rings. The highest BCUT2D eigenvalue weighted by molar-refractivity contribution is 7.90. The number of amides is 1. The van der Waals surface area contributed by atoms with Gasteiger partial charge in [-0.1, -0.05) is 0 Å². The molecule has 1 aliphatic heterocycles. The minimum Gasteiger partial charge on any atom is -0.369 e. The van der Waals surface area contributed by atoms with Crippen LogP contribution in [0.4, 0.5) is 10.1 Å². The fourth-order valence-electron chi connectivity index (χ4n) is 2.33. The zero-order valence-electron chi connectivity index (χ0n) is 11.7. The van der Waals surface area contributed by atoms with E-state index in [1.54, 1.807) is 0 Å². The first-order valence-corrected chi connectivity index (χ1v) is 8.01. The van der Waals surface area contributed by atoms with Crippen molar-refractivity contribution in [2.24, 2.45) is 11.7 Å². The van der Waals surface area contributed by atoms with Gasteiger partial charge >= 0.3 is 10.2 Å². The Hall–Kier alpha value is -1.67. The van der Waals surface area contributed by atoms with E-state index in [-0.39, 0.29) is 24.9 Å². The summed E-state index contributed by atoms with van der Waals surface area (Å²) in [6.07, 6.45) is 0.845. The highest BCUT2D eigenvalue weighted by atomic mass is 32.2. The van der Waals surface area contributed by atoms with Gasteiger partial charge in [0.1, 0.15) is 5.82 Å². The number of primary amides is 1. The summed E-state index contributed by atoms with van der Waals surface area (Å²) >= 11 is 0. The zero-order chi connectivity index (χ0) is 15.6. The Morgan fingerprint density at radius 2 is 1.81 bits per heavy atom. The minimum absolute atomic E-state index is 0.251. The lowest BCUT2D eigenvalue weighted by Crippen LogP contribution is -2.47. The molecule has 0 unspecified atom stereocenters. The number of hydrogen-bond acceptors (Lipinski definition) is 3. The highest BCUT2D eigenvalue weighted by Gasteiger charge is 2.32. The van der Waals surface area contributed by atoms with Crippen LogP contribution in [0.5, 0.6) is 0 Å². The van der Waals surface area contributed by atoms with E-state index < -0.39 is 16.0 Å². The van der Waals surface area contributed by atoms with Crippen LogP contribution in [-0.4, -0.2) is 38.8 Å². The van der Waals surface area contributed by atoms with Gasteiger partial charge in [-0.25, -0.2) is 4.39 Å². The molecule has 1 heterocycles. The second-order valence-corrected chi connectivity index (χ2v) is 6.99. The van der Waals surface area contributed by atoms with Crippen molar-refractivity contribution in [2.45, 2.75) is 12.8 Å². The smallest absolute Gasteiger partial charge is 0.303 e. The SMILES string of the molecule is CN(c1ccc(F)cc1)S(=O)(=O)N1CCC(C(N)=O)CC1. The normalized spacial score (nSPS) is 17.6. The lowest BCUT2D eigenvalue weighted by molar-refractivity contribution is -0.122. The summed E-state index contributed by atoms with van der Waals surface area (Å²) in [4.78, 5) is 11.1. The molecule has 0 aromatic heterocycles. The fourth-order valence-corrected chi connectivity index (χ4v) is 3.74. The lowest BCUT2D eigenvalue weighted by Gasteiger charge is -2.33. The highest BCUT2D eigenvalue weighted by Crippen LogP contribution is 2.24. The molecule has 1 fully saturated rings. The van der Waals surface area contributed by atoms with Crippen molar-refractivity contribution in [3.05, 3.63) is 30.1 Å². The van der Waals surface area contributed by atoms with E-state index in [2.05, 4.69) is 0 Å². The first kappa shape index (κ1) is 15.7. The summed E-state index contributed by atoms with van der Waals surface area (Å²) in [6, 6.07) is 5.23. The molecule has 0 atom stereocenters. The van der Waals surface area contributed by atoms with E-state index >= 15 is 0 Å². The van der Waals surface area contributed by atoms with Gasteiger partial charge in [-0.2, -0.15) is 12.7 Å². The molecule has 8 heteroatoms. The summed E-state index contributed by atoms with van der Waals surface area (Å²) in [6.45, 7) is 0.503. The molecule has 21 heavy (non-hydrogen) atoms. The van der Waals surface area contributed by atoms with Gasteiger partial charge in [0.05, 0.1) is 5.69 Å². The van der Waals surface area contributed by atoms with Crippen molar-refractivity contribution in [3.8, 4) is 0 Å². The number of piperidine rings is 1. The van der Waals surface area contributed by atoms with Gasteiger partial charge in [0.2, 0.25) is 5.91 Å². The van der Waals surface area contributed by atoms with E-state index in [1.165, 1.54) is 35.6 Å². The molecule has 1 saturated heterocycles. The molecule has 6 nitrogen and oxygen atoms in total. The number of rotatable bonds is 4. The van der Waals surface area contributed by atoms with Crippen LogP contribution < -0.4 is 10.0 Å². The third-order valence-corrected chi connectivity index (χ3v) is 5.64. The Labute approximate surface area is 123 Å². The van der Waals surface area contributed by atoms with Crippen molar-refractivity contribution < 1.29 is 17.6 Å². The van der Waals surface area contributed by atoms with Crippen LogP contribution >= 0.6 is 0 Å². The van der Waals surface area contributed by atoms with Gasteiger partial charge in [-0.15, -0.1) is 0 Å². The Morgan fingerprint density at radius 3 is 2.29 bits per heavy atom. The first-order valence-electron chi connectivity index (χ1n) is 6.61. The second-order valence-electron chi connectivity index (χ2n) is 5.03. The van der Waals surface area contributed by atoms with Crippen LogP contribution in [0.25, 0.3) is 0 Å².